The van der Waals surface area contributed by atoms with Crippen LogP contribution in [0.4, 0.5) is 12.9 Å². The molecule has 0 unspecified atom stereocenters. The zero-order chi connectivity index (χ0) is 10.9. The normalized spacial score (nSPS) is 11.1. The van der Waals surface area contributed by atoms with E-state index < -0.39 is 12.4 Å². The standard InChI is InChI=1S/C8H8BF3IS.K/c1-5-7(9(10,11)12)2-6(4-14)3-8(5)13;/h2-3,14H,4H2,1H3;/q-1;+1. The molecule has 0 bridgehead atoms. The number of rotatable bonds is 2. The van der Waals surface area contributed by atoms with Gasteiger partial charge in [-0.2, -0.15) is 12.6 Å². The van der Waals surface area contributed by atoms with Gasteiger partial charge in [0.2, 0.25) is 0 Å². The molecule has 0 nitrogen and oxygen atoms in total. The molecule has 0 radical (unpaired) electrons. The van der Waals surface area contributed by atoms with E-state index in [9.17, 15) is 12.9 Å². The zero-order valence-electron chi connectivity index (χ0n) is 8.40. The Morgan fingerprint density at radius 1 is 1.33 bits per heavy atom. The van der Waals surface area contributed by atoms with Gasteiger partial charge in [-0.15, -0.1) is 5.46 Å². The smallest absolute Gasteiger partial charge is 0.445 e. The SMILES string of the molecule is Cc1c(I)cc(CS)cc1[B-](F)(F)F.[K+]. The number of benzene rings is 1. The molecule has 0 aromatic heterocycles. The Hall–Kier alpha value is 1.79. The van der Waals surface area contributed by atoms with E-state index in [2.05, 4.69) is 12.6 Å². The van der Waals surface area contributed by atoms with Crippen molar-refractivity contribution in [1.82, 2.24) is 0 Å². The van der Waals surface area contributed by atoms with Crippen molar-refractivity contribution in [1.29, 1.82) is 0 Å². The fraction of sp³-hybridized carbons (Fsp3) is 0.250. The molecule has 0 amide bonds. The van der Waals surface area contributed by atoms with Gasteiger partial charge >= 0.3 is 58.4 Å². The van der Waals surface area contributed by atoms with Crippen LogP contribution in [0.5, 0.6) is 0 Å². The van der Waals surface area contributed by atoms with Crippen molar-refractivity contribution >= 4 is 47.7 Å². The minimum absolute atomic E-state index is 0. The van der Waals surface area contributed by atoms with Crippen LogP contribution in [0.15, 0.2) is 12.1 Å². The second-order valence-electron chi connectivity index (χ2n) is 3.02. The maximum Gasteiger partial charge on any atom is 1.00 e. The second kappa shape index (κ2) is 6.65. The summed E-state index contributed by atoms with van der Waals surface area (Å²) in [6.07, 6.45) is 0. The molecule has 0 aliphatic rings. The van der Waals surface area contributed by atoms with Gasteiger partial charge in [-0.05, 0) is 41.1 Å². The van der Waals surface area contributed by atoms with Crippen LogP contribution in [0.1, 0.15) is 11.1 Å². The molecule has 7 heteroatoms. The van der Waals surface area contributed by atoms with Gasteiger partial charge in [-0.25, -0.2) is 0 Å². The molecule has 0 saturated carbocycles. The van der Waals surface area contributed by atoms with E-state index in [1.165, 1.54) is 13.0 Å². The average Bonchev–Trinajstić information content (AvgIpc) is 2.07. The van der Waals surface area contributed by atoms with Crippen LogP contribution in [-0.2, 0) is 5.75 Å². The first-order valence-corrected chi connectivity index (χ1v) is 5.67. The summed E-state index contributed by atoms with van der Waals surface area (Å²) in [5.41, 5.74) is 0.419. The minimum Gasteiger partial charge on any atom is -0.445 e. The molecule has 78 valence electrons. The number of hydrogen-bond acceptors (Lipinski definition) is 1. The molecule has 0 aliphatic heterocycles. The zero-order valence-corrected chi connectivity index (χ0v) is 14.6. The van der Waals surface area contributed by atoms with Gasteiger partial charge in [0.25, 0.3) is 0 Å². The van der Waals surface area contributed by atoms with Gasteiger partial charge < -0.3 is 12.9 Å². The molecule has 0 saturated heterocycles. The van der Waals surface area contributed by atoms with Gasteiger partial charge in [0, 0.05) is 9.32 Å². The van der Waals surface area contributed by atoms with Gasteiger partial charge in [0.15, 0.2) is 0 Å². The van der Waals surface area contributed by atoms with Crippen LogP contribution in [0.25, 0.3) is 0 Å². The largest absolute Gasteiger partial charge is 1.00 e. The third-order valence-corrected chi connectivity index (χ3v) is 3.47. The third kappa shape index (κ3) is 4.52. The van der Waals surface area contributed by atoms with Crippen LogP contribution < -0.4 is 56.8 Å². The molecule has 1 rings (SSSR count). The van der Waals surface area contributed by atoms with Gasteiger partial charge in [0.05, 0.1) is 0 Å². The summed E-state index contributed by atoms with van der Waals surface area (Å²) in [7, 11) is 0. The van der Waals surface area contributed by atoms with Crippen LogP contribution in [0.2, 0.25) is 0 Å². The maximum atomic E-state index is 12.6. The summed E-state index contributed by atoms with van der Waals surface area (Å²) in [5.74, 6) is 0.329. The van der Waals surface area contributed by atoms with E-state index >= 15 is 0 Å². The molecule has 0 atom stereocenters. The Bertz CT molecular complexity index is 356. The first kappa shape index (κ1) is 16.8. The first-order chi connectivity index (χ1) is 6.36. The second-order valence-corrected chi connectivity index (χ2v) is 4.50. The van der Waals surface area contributed by atoms with E-state index in [0.29, 0.717) is 20.4 Å². The summed E-state index contributed by atoms with van der Waals surface area (Å²) in [6, 6.07) is 2.92. The molecule has 0 spiro atoms. The third-order valence-electron chi connectivity index (χ3n) is 1.98. The van der Waals surface area contributed by atoms with Crippen molar-refractivity contribution in [3.8, 4) is 0 Å². The van der Waals surface area contributed by atoms with Crippen molar-refractivity contribution in [3.63, 3.8) is 0 Å². The van der Waals surface area contributed by atoms with Crippen LogP contribution >= 0.6 is 35.2 Å². The fourth-order valence-electron chi connectivity index (χ4n) is 1.19. The summed E-state index contributed by atoms with van der Waals surface area (Å²) >= 11 is 5.89. The number of thiol groups is 1. The molecule has 0 aliphatic carbocycles. The fourth-order valence-corrected chi connectivity index (χ4v) is 2.08. The molecule has 1 aromatic carbocycles. The topological polar surface area (TPSA) is 0 Å². The molecule has 15 heavy (non-hydrogen) atoms. The van der Waals surface area contributed by atoms with Crippen molar-refractivity contribution in [2.75, 3.05) is 0 Å². The van der Waals surface area contributed by atoms with E-state index in [1.54, 1.807) is 6.07 Å². The van der Waals surface area contributed by atoms with E-state index in [-0.39, 0.29) is 51.4 Å². The van der Waals surface area contributed by atoms with Crippen molar-refractivity contribution in [3.05, 3.63) is 26.8 Å². The van der Waals surface area contributed by atoms with Crippen molar-refractivity contribution in [2.45, 2.75) is 12.7 Å². The molecule has 0 fully saturated rings. The molecule has 0 heterocycles. The number of hydrogen-bond donors (Lipinski definition) is 1. The van der Waals surface area contributed by atoms with E-state index in [4.69, 9.17) is 0 Å². The van der Waals surface area contributed by atoms with Gasteiger partial charge in [-0.3, -0.25) is 0 Å². The summed E-state index contributed by atoms with van der Waals surface area (Å²) < 4.78 is 38.4. The predicted octanol–water partition coefficient (Wildman–Crippen LogP) is 0.0878. The number of halogens is 4. The first-order valence-electron chi connectivity index (χ1n) is 3.96. The molecule has 0 N–H and O–H groups in total. The Morgan fingerprint density at radius 3 is 2.27 bits per heavy atom. The van der Waals surface area contributed by atoms with Crippen molar-refractivity contribution < 1.29 is 64.3 Å². The Morgan fingerprint density at radius 2 is 1.87 bits per heavy atom. The maximum absolute atomic E-state index is 12.6. The van der Waals surface area contributed by atoms with Gasteiger partial charge in [-0.1, -0.05) is 11.6 Å². The summed E-state index contributed by atoms with van der Waals surface area (Å²) in [4.78, 5) is 0. The summed E-state index contributed by atoms with van der Waals surface area (Å²) in [5, 5.41) is 0. The van der Waals surface area contributed by atoms with Gasteiger partial charge in [0.1, 0.15) is 0 Å². The van der Waals surface area contributed by atoms with Crippen molar-refractivity contribution in [2.24, 2.45) is 0 Å². The summed E-state index contributed by atoms with van der Waals surface area (Å²) in [6.45, 7) is -3.42. The molecular formula is C8H8BF3IKS. The van der Waals surface area contributed by atoms with E-state index in [0.717, 1.165) is 0 Å². The van der Waals surface area contributed by atoms with E-state index in [1.807, 2.05) is 22.6 Å². The van der Waals surface area contributed by atoms with Crippen LogP contribution in [-0.4, -0.2) is 6.98 Å². The van der Waals surface area contributed by atoms with Crippen LogP contribution in [0.3, 0.4) is 0 Å². The average molecular weight is 370 g/mol. The Balaban J connectivity index is 0.00000196. The minimum atomic E-state index is -4.91. The Kier molecular flexibility index (Phi) is 7.45. The predicted molar refractivity (Wildman–Crippen MR) is 65.3 cm³/mol. The molecular weight excluding hydrogens is 362 g/mol. The van der Waals surface area contributed by atoms with Crippen LogP contribution in [0, 0.1) is 10.5 Å². The molecule has 1 aromatic rings. The quantitative estimate of drug-likeness (QED) is 0.426. The Labute approximate surface area is 149 Å². The monoisotopic (exact) mass is 370 g/mol.